The van der Waals surface area contributed by atoms with Crippen molar-refractivity contribution in [3.05, 3.63) is 48.5 Å². The lowest BCUT2D eigenvalue weighted by atomic mass is 10.1. The van der Waals surface area contributed by atoms with Crippen molar-refractivity contribution < 1.29 is 4.74 Å². The number of fused-ring (bicyclic) bond motifs is 1. The van der Waals surface area contributed by atoms with Crippen LogP contribution >= 0.6 is 0 Å². The predicted molar refractivity (Wildman–Crippen MR) is 85.8 cm³/mol. The minimum absolute atomic E-state index is 0.165. The summed E-state index contributed by atoms with van der Waals surface area (Å²) in [6.07, 6.45) is 8.18. The lowest BCUT2D eigenvalue weighted by Gasteiger charge is -2.39. The van der Waals surface area contributed by atoms with Gasteiger partial charge < -0.3 is 9.64 Å². The first-order valence-electron chi connectivity index (χ1n) is 8.04. The Kier molecular flexibility index (Phi) is 2.76. The summed E-state index contributed by atoms with van der Waals surface area (Å²) >= 11 is 0. The van der Waals surface area contributed by atoms with E-state index in [1.54, 1.807) is 6.20 Å². The second-order valence-electron chi connectivity index (χ2n) is 6.24. The van der Waals surface area contributed by atoms with Crippen LogP contribution in [0.15, 0.2) is 42.9 Å². The van der Waals surface area contributed by atoms with Crippen molar-refractivity contribution in [2.24, 2.45) is 0 Å². The molecule has 6 nitrogen and oxygen atoms in total. The topological polar surface area (TPSA) is 55.5 Å². The van der Waals surface area contributed by atoms with Crippen LogP contribution in [0.5, 0.6) is 5.88 Å². The van der Waals surface area contributed by atoms with Gasteiger partial charge in [-0.25, -0.2) is 14.5 Å². The standard InChI is InChI=1S/C17H17N5O/c1-2-6-18-16(3-1)23-13-10-21(11-13)17-15-9-14(12-4-5-12)20-22(15)8-7-19-17/h1-3,6-9,12-13H,4-5,10-11H2. The molecule has 5 rings (SSSR count). The highest BCUT2D eigenvalue weighted by molar-refractivity contribution is 5.70. The molecule has 2 aliphatic rings. The molecule has 6 heteroatoms. The summed E-state index contributed by atoms with van der Waals surface area (Å²) in [5, 5.41) is 4.67. The average Bonchev–Trinajstić information content (AvgIpc) is 3.30. The van der Waals surface area contributed by atoms with Gasteiger partial charge in [0.15, 0.2) is 5.82 Å². The summed E-state index contributed by atoms with van der Waals surface area (Å²) in [6.45, 7) is 1.65. The molecular weight excluding hydrogens is 290 g/mol. The van der Waals surface area contributed by atoms with Gasteiger partial charge in [0.25, 0.3) is 0 Å². The summed E-state index contributed by atoms with van der Waals surface area (Å²) in [4.78, 5) is 11.0. The van der Waals surface area contributed by atoms with Crippen LogP contribution in [0.1, 0.15) is 24.5 Å². The molecule has 0 radical (unpaired) electrons. The summed E-state index contributed by atoms with van der Waals surface area (Å²) in [7, 11) is 0. The lowest BCUT2D eigenvalue weighted by Crippen LogP contribution is -2.54. The molecule has 1 saturated carbocycles. The first-order chi connectivity index (χ1) is 11.4. The molecule has 1 saturated heterocycles. The smallest absolute Gasteiger partial charge is 0.213 e. The molecule has 3 aromatic heterocycles. The van der Waals surface area contributed by atoms with E-state index >= 15 is 0 Å². The Morgan fingerprint density at radius 1 is 1.09 bits per heavy atom. The number of hydrogen-bond acceptors (Lipinski definition) is 5. The molecule has 4 heterocycles. The number of pyridine rings is 1. The van der Waals surface area contributed by atoms with Crippen LogP contribution in [0.4, 0.5) is 5.82 Å². The van der Waals surface area contributed by atoms with E-state index < -0.39 is 0 Å². The highest BCUT2D eigenvalue weighted by atomic mass is 16.5. The molecule has 0 aromatic carbocycles. The van der Waals surface area contributed by atoms with Crippen molar-refractivity contribution in [3.8, 4) is 5.88 Å². The lowest BCUT2D eigenvalue weighted by molar-refractivity contribution is 0.160. The number of nitrogens with zero attached hydrogens (tertiary/aromatic N) is 5. The van der Waals surface area contributed by atoms with Gasteiger partial charge in [0.2, 0.25) is 5.88 Å². The van der Waals surface area contributed by atoms with Gasteiger partial charge in [-0.3, -0.25) is 0 Å². The second kappa shape index (κ2) is 4.94. The van der Waals surface area contributed by atoms with Gasteiger partial charge in [-0.15, -0.1) is 0 Å². The van der Waals surface area contributed by atoms with E-state index in [1.165, 1.54) is 18.5 Å². The maximum Gasteiger partial charge on any atom is 0.213 e. The van der Waals surface area contributed by atoms with Gasteiger partial charge in [0, 0.05) is 30.6 Å². The van der Waals surface area contributed by atoms with Crippen LogP contribution in [0.25, 0.3) is 5.52 Å². The summed E-state index contributed by atoms with van der Waals surface area (Å²) in [5.41, 5.74) is 2.28. The Balaban J connectivity index is 1.34. The van der Waals surface area contributed by atoms with Gasteiger partial charge in [-0.1, -0.05) is 6.07 Å². The highest BCUT2D eigenvalue weighted by Crippen LogP contribution is 2.40. The second-order valence-corrected chi connectivity index (χ2v) is 6.24. The van der Waals surface area contributed by atoms with Gasteiger partial charge in [-0.2, -0.15) is 5.10 Å². The quantitative estimate of drug-likeness (QED) is 0.740. The molecule has 0 bridgehead atoms. The van der Waals surface area contributed by atoms with E-state index in [9.17, 15) is 0 Å². The Labute approximate surface area is 133 Å². The van der Waals surface area contributed by atoms with E-state index in [1.807, 2.05) is 35.1 Å². The zero-order valence-electron chi connectivity index (χ0n) is 12.7. The fraction of sp³-hybridized carbons (Fsp3) is 0.353. The summed E-state index contributed by atoms with van der Waals surface area (Å²) < 4.78 is 7.81. The van der Waals surface area contributed by atoms with Gasteiger partial charge in [0.05, 0.1) is 18.8 Å². The minimum atomic E-state index is 0.165. The van der Waals surface area contributed by atoms with E-state index in [0.29, 0.717) is 11.8 Å². The number of rotatable bonds is 4. The van der Waals surface area contributed by atoms with E-state index in [2.05, 4.69) is 26.0 Å². The third-order valence-electron chi connectivity index (χ3n) is 4.46. The third-order valence-corrected chi connectivity index (χ3v) is 4.46. The molecule has 1 aliphatic carbocycles. The van der Waals surface area contributed by atoms with Crippen molar-refractivity contribution in [2.75, 3.05) is 18.0 Å². The Hall–Kier alpha value is -2.63. The van der Waals surface area contributed by atoms with Crippen LogP contribution in [-0.4, -0.2) is 38.8 Å². The molecular formula is C17H17N5O. The molecule has 1 aliphatic heterocycles. The third kappa shape index (κ3) is 2.30. The van der Waals surface area contributed by atoms with Crippen LogP contribution in [-0.2, 0) is 0 Å². The van der Waals surface area contributed by atoms with Crippen LogP contribution in [0, 0.1) is 0 Å². The molecule has 0 N–H and O–H groups in total. The number of hydrogen-bond donors (Lipinski definition) is 0. The molecule has 0 amide bonds. The normalized spacial score (nSPS) is 18.2. The monoisotopic (exact) mass is 307 g/mol. The van der Waals surface area contributed by atoms with Crippen LogP contribution in [0.2, 0.25) is 0 Å². The molecule has 0 spiro atoms. The van der Waals surface area contributed by atoms with Crippen molar-refractivity contribution in [3.63, 3.8) is 0 Å². The molecule has 2 fully saturated rings. The van der Waals surface area contributed by atoms with Crippen LogP contribution < -0.4 is 9.64 Å². The molecule has 0 unspecified atom stereocenters. The number of aromatic nitrogens is 4. The van der Waals surface area contributed by atoms with Gasteiger partial charge >= 0.3 is 0 Å². The molecule has 3 aromatic rings. The largest absolute Gasteiger partial charge is 0.471 e. The fourth-order valence-electron chi connectivity index (χ4n) is 3.02. The maximum absolute atomic E-state index is 5.86. The van der Waals surface area contributed by atoms with E-state index in [-0.39, 0.29) is 6.10 Å². The zero-order valence-corrected chi connectivity index (χ0v) is 12.7. The highest BCUT2D eigenvalue weighted by Gasteiger charge is 2.32. The number of anilines is 1. The van der Waals surface area contributed by atoms with Gasteiger partial charge in [0.1, 0.15) is 11.6 Å². The van der Waals surface area contributed by atoms with Crippen molar-refractivity contribution in [1.82, 2.24) is 19.6 Å². The predicted octanol–water partition coefficient (Wildman–Crippen LogP) is 2.27. The van der Waals surface area contributed by atoms with Gasteiger partial charge in [-0.05, 0) is 25.0 Å². The zero-order chi connectivity index (χ0) is 15.2. The first kappa shape index (κ1) is 12.9. The van der Waals surface area contributed by atoms with E-state index in [0.717, 1.165) is 24.4 Å². The van der Waals surface area contributed by atoms with Crippen molar-refractivity contribution >= 4 is 11.3 Å². The Morgan fingerprint density at radius 3 is 2.78 bits per heavy atom. The Morgan fingerprint density at radius 2 is 2.00 bits per heavy atom. The maximum atomic E-state index is 5.86. The Bertz CT molecular complexity index is 837. The van der Waals surface area contributed by atoms with Crippen molar-refractivity contribution in [1.29, 1.82) is 0 Å². The van der Waals surface area contributed by atoms with Crippen molar-refractivity contribution in [2.45, 2.75) is 24.9 Å². The SMILES string of the molecule is c1ccc(OC2CN(c3nccn4nc(C5CC5)cc34)C2)nc1. The molecule has 23 heavy (non-hydrogen) atoms. The average molecular weight is 307 g/mol. The summed E-state index contributed by atoms with van der Waals surface area (Å²) in [5.74, 6) is 2.33. The van der Waals surface area contributed by atoms with E-state index in [4.69, 9.17) is 4.74 Å². The fourth-order valence-corrected chi connectivity index (χ4v) is 3.02. The first-order valence-corrected chi connectivity index (χ1v) is 8.04. The minimum Gasteiger partial charge on any atom is -0.471 e. The molecule has 0 atom stereocenters. The summed E-state index contributed by atoms with van der Waals surface area (Å²) in [6, 6.07) is 7.90. The number of ether oxygens (including phenoxy) is 1. The molecule has 116 valence electrons. The van der Waals surface area contributed by atoms with Crippen LogP contribution in [0.3, 0.4) is 0 Å².